The third kappa shape index (κ3) is 5.51. The van der Waals surface area contributed by atoms with Crippen LogP contribution in [0.5, 0.6) is 11.5 Å². The Kier molecular flexibility index (Phi) is 7.35. The zero-order valence-electron chi connectivity index (χ0n) is 16.4. The third-order valence-corrected chi connectivity index (χ3v) is 4.90. The van der Waals surface area contributed by atoms with E-state index in [0.29, 0.717) is 30.5 Å². The van der Waals surface area contributed by atoms with E-state index < -0.39 is 0 Å². The van der Waals surface area contributed by atoms with Gasteiger partial charge in [-0.1, -0.05) is 66.2 Å². The molecule has 1 N–H and O–H groups in total. The largest absolute Gasteiger partial charge is 0.490 e. The van der Waals surface area contributed by atoms with E-state index in [1.807, 2.05) is 49.4 Å². The maximum atomic E-state index is 6.52. The monoisotopic (exact) mass is 395 g/mol. The van der Waals surface area contributed by atoms with Crippen molar-refractivity contribution < 1.29 is 9.47 Å². The van der Waals surface area contributed by atoms with Gasteiger partial charge in [0.15, 0.2) is 11.5 Å². The minimum Gasteiger partial charge on any atom is -0.490 e. The molecule has 0 amide bonds. The number of ether oxygens (including phenoxy) is 2. The molecule has 3 aromatic carbocycles. The van der Waals surface area contributed by atoms with Crippen molar-refractivity contribution in [2.45, 2.75) is 33.5 Å². The second-order valence-electron chi connectivity index (χ2n) is 6.63. The van der Waals surface area contributed by atoms with Gasteiger partial charge in [0.25, 0.3) is 0 Å². The SMILES string of the molecule is CCOc1cc(CNCc2ccccc2)c(Cl)cc1OCc1ccccc1C. The number of hydrogen-bond donors (Lipinski definition) is 1. The molecule has 0 saturated heterocycles. The molecule has 0 atom stereocenters. The Morgan fingerprint density at radius 2 is 1.54 bits per heavy atom. The molecule has 3 rings (SSSR count). The molecule has 0 spiro atoms. The van der Waals surface area contributed by atoms with Gasteiger partial charge in [-0.05, 0) is 42.2 Å². The highest BCUT2D eigenvalue weighted by Crippen LogP contribution is 2.34. The van der Waals surface area contributed by atoms with Crippen molar-refractivity contribution in [2.24, 2.45) is 0 Å². The van der Waals surface area contributed by atoms with E-state index >= 15 is 0 Å². The average molecular weight is 396 g/mol. The molecule has 0 fully saturated rings. The Morgan fingerprint density at radius 3 is 2.29 bits per heavy atom. The van der Waals surface area contributed by atoms with Crippen molar-refractivity contribution >= 4 is 11.6 Å². The predicted molar refractivity (Wildman–Crippen MR) is 115 cm³/mol. The van der Waals surface area contributed by atoms with Gasteiger partial charge in [0, 0.05) is 24.2 Å². The first-order valence-electron chi connectivity index (χ1n) is 9.54. The number of hydrogen-bond acceptors (Lipinski definition) is 3. The third-order valence-electron chi connectivity index (χ3n) is 4.54. The first kappa shape index (κ1) is 20.2. The zero-order chi connectivity index (χ0) is 19.8. The highest BCUT2D eigenvalue weighted by molar-refractivity contribution is 6.31. The van der Waals surface area contributed by atoms with Crippen LogP contribution in [0.3, 0.4) is 0 Å². The molecule has 0 bridgehead atoms. The Bertz CT molecular complexity index is 896. The van der Waals surface area contributed by atoms with Crippen LogP contribution < -0.4 is 14.8 Å². The van der Waals surface area contributed by atoms with Crippen LogP contribution in [-0.4, -0.2) is 6.61 Å². The van der Waals surface area contributed by atoms with Crippen molar-refractivity contribution in [1.82, 2.24) is 5.32 Å². The minimum atomic E-state index is 0.481. The summed E-state index contributed by atoms with van der Waals surface area (Å²) >= 11 is 6.52. The van der Waals surface area contributed by atoms with Crippen LogP contribution in [0.1, 0.15) is 29.2 Å². The standard InChI is InChI=1S/C24H26ClNO2/c1-3-27-23-13-21(16-26-15-19-10-5-4-6-11-19)22(25)14-24(23)28-17-20-12-8-7-9-18(20)2/h4-14,26H,3,15-17H2,1-2H3. The molecular formula is C24H26ClNO2. The van der Waals surface area contributed by atoms with E-state index in [-0.39, 0.29) is 0 Å². The predicted octanol–water partition coefficient (Wildman–Crippen LogP) is 5.92. The fraction of sp³-hybridized carbons (Fsp3) is 0.250. The maximum Gasteiger partial charge on any atom is 0.163 e. The number of rotatable bonds is 9. The van der Waals surface area contributed by atoms with Crippen LogP contribution in [0.15, 0.2) is 66.7 Å². The lowest BCUT2D eigenvalue weighted by Crippen LogP contribution is -2.13. The summed E-state index contributed by atoms with van der Waals surface area (Å²) in [6, 6.07) is 22.3. The Balaban J connectivity index is 1.69. The topological polar surface area (TPSA) is 30.5 Å². The summed E-state index contributed by atoms with van der Waals surface area (Å²) in [5.74, 6) is 1.39. The van der Waals surface area contributed by atoms with E-state index in [0.717, 1.165) is 23.4 Å². The fourth-order valence-corrected chi connectivity index (χ4v) is 3.18. The molecule has 3 nitrogen and oxygen atoms in total. The molecule has 0 unspecified atom stereocenters. The van der Waals surface area contributed by atoms with Gasteiger partial charge in [0.1, 0.15) is 6.61 Å². The van der Waals surface area contributed by atoms with Gasteiger partial charge in [0.05, 0.1) is 6.61 Å². The summed E-state index contributed by atoms with van der Waals surface area (Å²) in [5, 5.41) is 4.10. The number of nitrogens with one attached hydrogen (secondary N) is 1. The highest BCUT2D eigenvalue weighted by atomic mass is 35.5. The van der Waals surface area contributed by atoms with Gasteiger partial charge < -0.3 is 14.8 Å². The van der Waals surface area contributed by atoms with E-state index in [2.05, 4.69) is 36.5 Å². The number of halogens is 1. The van der Waals surface area contributed by atoms with Gasteiger partial charge in [0.2, 0.25) is 0 Å². The normalized spacial score (nSPS) is 10.7. The molecule has 4 heteroatoms. The van der Waals surface area contributed by atoms with Crippen LogP contribution in [0.4, 0.5) is 0 Å². The quantitative estimate of drug-likeness (QED) is 0.488. The van der Waals surface area contributed by atoms with Crippen LogP contribution in [-0.2, 0) is 19.7 Å². The summed E-state index contributed by atoms with van der Waals surface area (Å²) < 4.78 is 11.8. The molecule has 0 aliphatic rings. The van der Waals surface area contributed by atoms with Crippen LogP contribution in [0, 0.1) is 6.92 Å². The van der Waals surface area contributed by atoms with Crippen molar-refractivity contribution in [2.75, 3.05) is 6.61 Å². The number of benzene rings is 3. The summed E-state index contributed by atoms with van der Waals surface area (Å²) in [6.45, 7) is 6.54. The lowest BCUT2D eigenvalue weighted by Gasteiger charge is -2.16. The average Bonchev–Trinajstić information content (AvgIpc) is 2.71. The maximum absolute atomic E-state index is 6.52. The molecule has 0 aromatic heterocycles. The van der Waals surface area contributed by atoms with Gasteiger partial charge in [-0.2, -0.15) is 0 Å². The van der Waals surface area contributed by atoms with Gasteiger partial charge >= 0.3 is 0 Å². The van der Waals surface area contributed by atoms with E-state index in [4.69, 9.17) is 21.1 Å². The first-order valence-corrected chi connectivity index (χ1v) is 9.92. The minimum absolute atomic E-state index is 0.481. The van der Waals surface area contributed by atoms with Gasteiger partial charge in [-0.25, -0.2) is 0 Å². The van der Waals surface area contributed by atoms with Crippen molar-refractivity contribution in [3.63, 3.8) is 0 Å². The van der Waals surface area contributed by atoms with Crippen molar-refractivity contribution in [3.8, 4) is 11.5 Å². The van der Waals surface area contributed by atoms with Gasteiger partial charge in [-0.3, -0.25) is 0 Å². The van der Waals surface area contributed by atoms with Crippen molar-refractivity contribution in [3.05, 3.63) is 94.0 Å². The number of aryl methyl sites for hydroxylation is 1. The molecule has 0 heterocycles. The summed E-state index contributed by atoms with van der Waals surface area (Å²) in [4.78, 5) is 0. The molecular weight excluding hydrogens is 370 g/mol. The van der Waals surface area contributed by atoms with Crippen LogP contribution in [0.25, 0.3) is 0 Å². The van der Waals surface area contributed by atoms with Crippen LogP contribution >= 0.6 is 11.6 Å². The highest BCUT2D eigenvalue weighted by Gasteiger charge is 2.12. The molecule has 28 heavy (non-hydrogen) atoms. The van der Waals surface area contributed by atoms with E-state index in [1.165, 1.54) is 11.1 Å². The zero-order valence-corrected chi connectivity index (χ0v) is 17.1. The Morgan fingerprint density at radius 1 is 0.821 bits per heavy atom. The Hall–Kier alpha value is -2.49. The molecule has 0 aliphatic heterocycles. The van der Waals surface area contributed by atoms with E-state index in [9.17, 15) is 0 Å². The summed E-state index contributed by atoms with van der Waals surface area (Å²) in [7, 11) is 0. The molecule has 0 radical (unpaired) electrons. The van der Waals surface area contributed by atoms with Crippen molar-refractivity contribution in [1.29, 1.82) is 0 Å². The second kappa shape index (κ2) is 10.2. The molecule has 146 valence electrons. The first-order chi connectivity index (χ1) is 13.7. The smallest absolute Gasteiger partial charge is 0.163 e. The van der Waals surface area contributed by atoms with E-state index in [1.54, 1.807) is 0 Å². The second-order valence-corrected chi connectivity index (χ2v) is 7.03. The van der Waals surface area contributed by atoms with Crippen LogP contribution in [0.2, 0.25) is 5.02 Å². The lowest BCUT2D eigenvalue weighted by molar-refractivity contribution is 0.268. The molecule has 3 aromatic rings. The fourth-order valence-electron chi connectivity index (χ4n) is 2.96. The van der Waals surface area contributed by atoms with Gasteiger partial charge in [-0.15, -0.1) is 0 Å². The summed E-state index contributed by atoms with van der Waals surface area (Å²) in [5.41, 5.74) is 4.58. The Labute approximate surface area is 172 Å². The molecule has 0 saturated carbocycles. The molecule has 0 aliphatic carbocycles. The lowest BCUT2D eigenvalue weighted by atomic mass is 10.1. The summed E-state index contributed by atoms with van der Waals surface area (Å²) in [6.07, 6.45) is 0.